The van der Waals surface area contributed by atoms with Gasteiger partial charge in [0.2, 0.25) is 0 Å². The zero-order valence-electron chi connectivity index (χ0n) is 7.19. The van der Waals surface area contributed by atoms with Crippen molar-refractivity contribution >= 4 is 23.1 Å². The average molecular weight is 202 g/mol. The zero-order valence-corrected chi connectivity index (χ0v) is 8.83. The molecule has 2 N–H and O–H groups in total. The summed E-state index contributed by atoms with van der Waals surface area (Å²) in [6.07, 6.45) is 2.99. The number of thiazole rings is 1. The van der Waals surface area contributed by atoms with Crippen molar-refractivity contribution in [3.63, 3.8) is 0 Å². The van der Waals surface area contributed by atoms with Gasteiger partial charge in [-0.1, -0.05) is 6.92 Å². The molecule has 1 rings (SSSR count). The SMILES string of the molecule is CCC(N)CSCc1cncs1. The minimum Gasteiger partial charge on any atom is -0.327 e. The molecule has 0 aliphatic carbocycles. The highest BCUT2D eigenvalue weighted by Gasteiger charge is 2.00. The maximum absolute atomic E-state index is 5.78. The molecule has 12 heavy (non-hydrogen) atoms. The monoisotopic (exact) mass is 202 g/mol. The van der Waals surface area contributed by atoms with Crippen LogP contribution in [0.15, 0.2) is 11.7 Å². The lowest BCUT2D eigenvalue weighted by molar-refractivity contribution is 0.725. The average Bonchev–Trinajstić information content (AvgIpc) is 2.57. The second-order valence-corrected chi connectivity index (χ2v) is 4.65. The van der Waals surface area contributed by atoms with Crippen molar-refractivity contribution in [1.82, 2.24) is 4.98 Å². The largest absolute Gasteiger partial charge is 0.327 e. The molecule has 1 atom stereocenters. The summed E-state index contributed by atoms with van der Waals surface area (Å²) in [5.74, 6) is 2.10. The van der Waals surface area contributed by atoms with Gasteiger partial charge >= 0.3 is 0 Å². The molecule has 0 aliphatic rings. The Morgan fingerprint density at radius 3 is 3.17 bits per heavy atom. The van der Waals surface area contributed by atoms with Gasteiger partial charge in [-0.05, 0) is 6.42 Å². The molecule has 1 unspecified atom stereocenters. The fourth-order valence-corrected chi connectivity index (χ4v) is 2.58. The Bertz CT molecular complexity index is 199. The van der Waals surface area contributed by atoms with Crippen molar-refractivity contribution in [1.29, 1.82) is 0 Å². The maximum Gasteiger partial charge on any atom is 0.0794 e. The van der Waals surface area contributed by atoms with Gasteiger partial charge in [0.15, 0.2) is 0 Å². The Hall–Kier alpha value is -0.0600. The highest BCUT2D eigenvalue weighted by Crippen LogP contribution is 2.16. The molecule has 0 saturated carbocycles. The molecule has 0 saturated heterocycles. The van der Waals surface area contributed by atoms with E-state index in [2.05, 4.69) is 11.9 Å². The first-order chi connectivity index (χ1) is 5.83. The van der Waals surface area contributed by atoms with Gasteiger partial charge in [-0.15, -0.1) is 11.3 Å². The van der Waals surface area contributed by atoms with Crippen LogP contribution in [0, 0.1) is 0 Å². The molecular formula is C8H14N2S2. The van der Waals surface area contributed by atoms with Crippen LogP contribution in [0.5, 0.6) is 0 Å². The van der Waals surface area contributed by atoms with E-state index in [4.69, 9.17) is 5.73 Å². The Balaban J connectivity index is 2.11. The molecule has 0 radical (unpaired) electrons. The number of rotatable bonds is 5. The van der Waals surface area contributed by atoms with E-state index < -0.39 is 0 Å². The number of hydrogen-bond donors (Lipinski definition) is 1. The highest BCUT2D eigenvalue weighted by molar-refractivity contribution is 7.98. The molecule has 4 heteroatoms. The molecule has 0 amide bonds. The first kappa shape index (κ1) is 10.0. The van der Waals surface area contributed by atoms with Gasteiger partial charge in [0, 0.05) is 28.6 Å². The van der Waals surface area contributed by atoms with E-state index in [0.717, 1.165) is 17.9 Å². The van der Waals surface area contributed by atoms with Crippen molar-refractivity contribution in [3.8, 4) is 0 Å². The summed E-state index contributed by atoms with van der Waals surface area (Å²) in [4.78, 5) is 5.35. The van der Waals surface area contributed by atoms with Crippen molar-refractivity contribution in [2.75, 3.05) is 5.75 Å². The van der Waals surface area contributed by atoms with Gasteiger partial charge in [0.05, 0.1) is 5.51 Å². The Morgan fingerprint density at radius 2 is 2.58 bits per heavy atom. The number of nitrogens with zero attached hydrogens (tertiary/aromatic N) is 1. The van der Waals surface area contributed by atoms with Crippen molar-refractivity contribution < 1.29 is 0 Å². The molecule has 1 aromatic rings. The summed E-state index contributed by atoms with van der Waals surface area (Å²) >= 11 is 3.60. The second kappa shape index (κ2) is 5.56. The first-order valence-corrected chi connectivity index (χ1v) is 6.07. The molecular weight excluding hydrogens is 188 g/mol. The Labute approximate surface area is 81.6 Å². The lowest BCUT2D eigenvalue weighted by atomic mass is 10.3. The number of thioether (sulfide) groups is 1. The quantitative estimate of drug-likeness (QED) is 0.795. The molecule has 0 aliphatic heterocycles. The fourth-order valence-electron chi connectivity index (χ4n) is 0.742. The topological polar surface area (TPSA) is 38.9 Å². The summed E-state index contributed by atoms with van der Waals surface area (Å²) in [5.41, 5.74) is 7.65. The van der Waals surface area contributed by atoms with Crippen molar-refractivity contribution in [2.24, 2.45) is 5.73 Å². The maximum atomic E-state index is 5.78. The number of aromatic nitrogens is 1. The lowest BCUT2D eigenvalue weighted by Gasteiger charge is -2.06. The van der Waals surface area contributed by atoms with E-state index in [1.165, 1.54) is 4.88 Å². The lowest BCUT2D eigenvalue weighted by Crippen LogP contribution is -2.21. The van der Waals surface area contributed by atoms with Gasteiger partial charge in [-0.2, -0.15) is 11.8 Å². The number of nitrogens with two attached hydrogens (primary N) is 1. The van der Waals surface area contributed by atoms with Gasteiger partial charge in [0.1, 0.15) is 0 Å². The van der Waals surface area contributed by atoms with E-state index in [0.29, 0.717) is 6.04 Å². The minimum atomic E-state index is 0.350. The summed E-state index contributed by atoms with van der Waals surface area (Å²) < 4.78 is 0. The highest BCUT2D eigenvalue weighted by atomic mass is 32.2. The summed E-state index contributed by atoms with van der Waals surface area (Å²) in [5, 5.41) is 0. The van der Waals surface area contributed by atoms with Crippen LogP contribution >= 0.6 is 23.1 Å². The summed E-state index contributed by atoms with van der Waals surface area (Å²) in [6, 6.07) is 0.350. The van der Waals surface area contributed by atoms with E-state index in [9.17, 15) is 0 Å². The minimum absolute atomic E-state index is 0.350. The molecule has 0 spiro atoms. The molecule has 68 valence electrons. The molecule has 2 nitrogen and oxygen atoms in total. The van der Waals surface area contributed by atoms with Gasteiger partial charge in [-0.25, -0.2) is 0 Å². The third-order valence-electron chi connectivity index (χ3n) is 1.58. The van der Waals surface area contributed by atoms with Gasteiger partial charge in [-0.3, -0.25) is 4.98 Å². The van der Waals surface area contributed by atoms with E-state index in [-0.39, 0.29) is 0 Å². The molecule has 0 fully saturated rings. The molecule has 0 bridgehead atoms. The number of hydrogen-bond acceptors (Lipinski definition) is 4. The first-order valence-electron chi connectivity index (χ1n) is 4.03. The van der Waals surface area contributed by atoms with Crippen LogP contribution in [0.25, 0.3) is 0 Å². The normalized spacial score (nSPS) is 13.2. The third kappa shape index (κ3) is 3.56. The Morgan fingerprint density at radius 1 is 1.75 bits per heavy atom. The van der Waals surface area contributed by atoms with E-state index in [1.54, 1.807) is 11.3 Å². The van der Waals surface area contributed by atoms with E-state index >= 15 is 0 Å². The van der Waals surface area contributed by atoms with Crippen LogP contribution in [0.3, 0.4) is 0 Å². The molecule has 1 aromatic heterocycles. The van der Waals surface area contributed by atoms with Crippen LogP contribution < -0.4 is 5.73 Å². The predicted molar refractivity (Wildman–Crippen MR) is 56.5 cm³/mol. The smallest absolute Gasteiger partial charge is 0.0794 e. The Kier molecular flexibility index (Phi) is 4.65. The van der Waals surface area contributed by atoms with Gasteiger partial charge < -0.3 is 5.73 Å². The van der Waals surface area contributed by atoms with E-state index in [1.807, 2.05) is 23.5 Å². The van der Waals surface area contributed by atoms with Crippen molar-refractivity contribution in [3.05, 3.63) is 16.6 Å². The predicted octanol–water partition coefficient (Wildman–Crippen LogP) is 2.11. The van der Waals surface area contributed by atoms with Crippen LogP contribution in [0.2, 0.25) is 0 Å². The zero-order chi connectivity index (χ0) is 8.81. The van der Waals surface area contributed by atoms with Crippen LogP contribution in [0.4, 0.5) is 0 Å². The van der Waals surface area contributed by atoms with Crippen molar-refractivity contribution in [2.45, 2.75) is 25.1 Å². The van der Waals surface area contributed by atoms with Crippen LogP contribution in [-0.2, 0) is 5.75 Å². The summed E-state index contributed by atoms with van der Waals surface area (Å²) in [7, 11) is 0. The fraction of sp³-hybridized carbons (Fsp3) is 0.625. The van der Waals surface area contributed by atoms with Crippen LogP contribution in [-0.4, -0.2) is 16.8 Å². The summed E-state index contributed by atoms with van der Waals surface area (Å²) in [6.45, 7) is 2.12. The standard InChI is InChI=1S/C8H14N2S2/c1-2-7(9)4-11-5-8-3-10-6-12-8/h3,6-7H,2,4-5,9H2,1H3. The van der Waals surface area contributed by atoms with Crippen LogP contribution in [0.1, 0.15) is 18.2 Å². The third-order valence-corrected chi connectivity index (χ3v) is 3.73. The second-order valence-electron chi connectivity index (χ2n) is 2.65. The molecule has 1 heterocycles. The van der Waals surface area contributed by atoms with Gasteiger partial charge in [0.25, 0.3) is 0 Å². The molecule has 0 aromatic carbocycles.